The van der Waals surface area contributed by atoms with Crippen molar-refractivity contribution in [1.29, 1.82) is 0 Å². The maximum atomic E-state index is 12.4. The molecule has 0 saturated carbocycles. The van der Waals surface area contributed by atoms with Crippen LogP contribution in [0.25, 0.3) is 0 Å². The van der Waals surface area contributed by atoms with E-state index in [0.717, 1.165) is 5.69 Å². The van der Waals surface area contributed by atoms with Gasteiger partial charge >= 0.3 is 0 Å². The monoisotopic (exact) mass is 366 g/mol. The third kappa shape index (κ3) is 3.88. The quantitative estimate of drug-likeness (QED) is 0.824. The fourth-order valence-corrected chi connectivity index (χ4v) is 3.63. The number of amides is 1. The van der Waals surface area contributed by atoms with E-state index in [1.54, 1.807) is 25.9 Å². The summed E-state index contributed by atoms with van der Waals surface area (Å²) < 4.78 is 24.7. The standard InChI is InChI=1S/C17H19ClN2O3S/c1-12(2)24(22,23)16-11-13(9-10-15(16)18)17(21)19-20(3)14-7-5-4-6-8-14/h4-12H,1-3H3,(H,19,21). The number of nitrogens with one attached hydrogen (secondary N) is 1. The molecule has 5 nitrogen and oxygen atoms in total. The average Bonchev–Trinajstić information content (AvgIpc) is 2.55. The van der Waals surface area contributed by atoms with Gasteiger partial charge < -0.3 is 0 Å². The van der Waals surface area contributed by atoms with Crippen molar-refractivity contribution >= 4 is 33.0 Å². The summed E-state index contributed by atoms with van der Waals surface area (Å²) in [5, 5.41) is 1.05. The molecule has 0 aliphatic carbocycles. The fourth-order valence-electron chi connectivity index (χ4n) is 2.05. The molecule has 0 fully saturated rings. The van der Waals surface area contributed by atoms with E-state index in [9.17, 15) is 13.2 Å². The minimum Gasteiger partial charge on any atom is -0.288 e. The van der Waals surface area contributed by atoms with Crippen molar-refractivity contribution in [2.24, 2.45) is 0 Å². The van der Waals surface area contributed by atoms with Gasteiger partial charge in [-0.1, -0.05) is 29.8 Å². The molecule has 7 heteroatoms. The second kappa shape index (κ2) is 7.23. The van der Waals surface area contributed by atoms with E-state index in [4.69, 9.17) is 11.6 Å². The zero-order valence-electron chi connectivity index (χ0n) is 13.7. The van der Waals surface area contributed by atoms with Gasteiger partial charge in [0.15, 0.2) is 9.84 Å². The number of para-hydroxylation sites is 1. The molecule has 2 aromatic rings. The first-order chi connectivity index (χ1) is 11.2. The van der Waals surface area contributed by atoms with Gasteiger partial charge in [-0.15, -0.1) is 0 Å². The molecular formula is C17H19ClN2O3S. The first kappa shape index (κ1) is 18.3. The van der Waals surface area contributed by atoms with Gasteiger partial charge in [-0.2, -0.15) is 0 Å². The van der Waals surface area contributed by atoms with Crippen molar-refractivity contribution in [1.82, 2.24) is 5.43 Å². The second-order valence-electron chi connectivity index (χ2n) is 5.57. The van der Waals surface area contributed by atoms with Crippen molar-refractivity contribution in [2.45, 2.75) is 24.0 Å². The predicted octanol–water partition coefficient (Wildman–Crippen LogP) is 3.30. The van der Waals surface area contributed by atoms with Crippen LogP contribution in [0, 0.1) is 0 Å². The van der Waals surface area contributed by atoms with E-state index in [-0.39, 0.29) is 15.5 Å². The van der Waals surface area contributed by atoms with Gasteiger partial charge in [0.25, 0.3) is 5.91 Å². The van der Waals surface area contributed by atoms with Gasteiger partial charge in [0.05, 0.1) is 20.9 Å². The molecule has 0 heterocycles. The van der Waals surface area contributed by atoms with Crippen LogP contribution in [0.5, 0.6) is 0 Å². The molecule has 2 rings (SSSR count). The van der Waals surface area contributed by atoms with Crippen molar-refractivity contribution < 1.29 is 13.2 Å². The Morgan fingerprint density at radius 1 is 1.12 bits per heavy atom. The third-order valence-corrected chi connectivity index (χ3v) is 6.17. The maximum Gasteiger partial charge on any atom is 0.269 e. The van der Waals surface area contributed by atoms with Gasteiger partial charge in [0.1, 0.15) is 0 Å². The van der Waals surface area contributed by atoms with Crippen LogP contribution >= 0.6 is 11.6 Å². The van der Waals surface area contributed by atoms with E-state index in [0.29, 0.717) is 0 Å². The molecule has 1 N–H and O–H groups in total. The fraction of sp³-hybridized carbons (Fsp3) is 0.235. The SMILES string of the molecule is CC(C)S(=O)(=O)c1cc(C(=O)NN(C)c2ccccc2)ccc1Cl. The molecule has 0 radical (unpaired) electrons. The van der Waals surface area contributed by atoms with Gasteiger partial charge in [0, 0.05) is 12.6 Å². The number of hydrazine groups is 1. The van der Waals surface area contributed by atoms with Crippen molar-refractivity contribution in [2.75, 3.05) is 12.1 Å². The smallest absolute Gasteiger partial charge is 0.269 e. The summed E-state index contributed by atoms with van der Waals surface area (Å²) in [6.07, 6.45) is 0. The Kier molecular flexibility index (Phi) is 5.51. The number of anilines is 1. The number of nitrogens with zero attached hydrogens (tertiary/aromatic N) is 1. The Labute approximate surface area is 147 Å². The number of sulfone groups is 1. The number of carbonyl (C=O) groups excluding carboxylic acids is 1. The second-order valence-corrected chi connectivity index (χ2v) is 8.45. The van der Waals surface area contributed by atoms with E-state index in [2.05, 4.69) is 5.43 Å². The molecule has 0 aliphatic heterocycles. The van der Waals surface area contributed by atoms with Crippen molar-refractivity contribution in [3.05, 3.63) is 59.1 Å². The summed E-state index contributed by atoms with van der Waals surface area (Å²) in [4.78, 5) is 12.4. The van der Waals surface area contributed by atoms with Gasteiger partial charge in [-0.25, -0.2) is 8.42 Å². The summed E-state index contributed by atoms with van der Waals surface area (Å²) in [6.45, 7) is 3.14. The molecule has 0 unspecified atom stereocenters. The lowest BCUT2D eigenvalue weighted by atomic mass is 10.2. The van der Waals surface area contributed by atoms with Crippen LogP contribution in [0.15, 0.2) is 53.4 Å². The largest absolute Gasteiger partial charge is 0.288 e. The Bertz CT molecular complexity index is 836. The number of halogens is 1. The molecule has 0 aromatic heterocycles. The summed E-state index contributed by atoms with van der Waals surface area (Å²) in [5.74, 6) is -0.418. The van der Waals surface area contributed by atoms with Crippen molar-refractivity contribution in [3.63, 3.8) is 0 Å². The normalized spacial score (nSPS) is 11.4. The molecule has 0 spiro atoms. The van der Waals surface area contributed by atoms with Crippen LogP contribution in [-0.4, -0.2) is 26.6 Å². The Hall–Kier alpha value is -2.05. The molecule has 0 bridgehead atoms. The number of hydrogen-bond acceptors (Lipinski definition) is 4. The van der Waals surface area contributed by atoms with Gasteiger partial charge in [0.2, 0.25) is 0 Å². The molecule has 0 aliphatic rings. The first-order valence-electron chi connectivity index (χ1n) is 7.36. The van der Waals surface area contributed by atoms with Crippen LogP contribution < -0.4 is 10.4 Å². The van der Waals surface area contributed by atoms with Crippen LogP contribution in [0.1, 0.15) is 24.2 Å². The number of carbonyl (C=O) groups is 1. The van der Waals surface area contributed by atoms with Crippen LogP contribution in [-0.2, 0) is 9.84 Å². The highest BCUT2D eigenvalue weighted by Gasteiger charge is 2.24. The van der Waals surface area contributed by atoms with Crippen LogP contribution in [0.4, 0.5) is 5.69 Å². The van der Waals surface area contributed by atoms with Gasteiger partial charge in [-0.3, -0.25) is 15.2 Å². The lowest BCUT2D eigenvalue weighted by molar-refractivity contribution is 0.0951. The molecular weight excluding hydrogens is 348 g/mol. The minimum atomic E-state index is -3.57. The van der Waals surface area contributed by atoms with Crippen LogP contribution in [0.3, 0.4) is 0 Å². The zero-order chi connectivity index (χ0) is 17.9. The van der Waals surface area contributed by atoms with E-state index in [1.165, 1.54) is 18.2 Å². The topological polar surface area (TPSA) is 66.5 Å². The molecule has 0 atom stereocenters. The first-order valence-corrected chi connectivity index (χ1v) is 9.29. The highest BCUT2D eigenvalue weighted by Crippen LogP contribution is 2.26. The Morgan fingerprint density at radius 2 is 1.75 bits per heavy atom. The zero-order valence-corrected chi connectivity index (χ0v) is 15.2. The number of hydrogen-bond donors (Lipinski definition) is 1. The predicted molar refractivity (Wildman–Crippen MR) is 96.1 cm³/mol. The third-order valence-electron chi connectivity index (χ3n) is 3.53. The number of rotatable bonds is 5. The lowest BCUT2D eigenvalue weighted by Crippen LogP contribution is -2.39. The summed E-state index contributed by atoms with van der Waals surface area (Å²) in [7, 11) is -1.87. The lowest BCUT2D eigenvalue weighted by Gasteiger charge is -2.20. The summed E-state index contributed by atoms with van der Waals surface area (Å²) in [5.41, 5.74) is 3.72. The molecule has 2 aromatic carbocycles. The number of benzene rings is 2. The Morgan fingerprint density at radius 3 is 2.33 bits per heavy atom. The highest BCUT2D eigenvalue weighted by molar-refractivity contribution is 7.92. The molecule has 128 valence electrons. The average molecular weight is 367 g/mol. The molecule has 1 amide bonds. The Balaban J connectivity index is 2.28. The highest BCUT2D eigenvalue weighted by atomic mass is 35.5. The maximum absolute atomic E-state index is 12.4. The molecule has 24 heavy (non-hydrogen) atoms. The summed E-state index contributed by atoms with van der Waals surface area (Å²) >= 11 is 6.01. The molecule has 0 saturated heterocycles. The van der Waals surface area contributed by atoms with E-state index >= 15 is 0 Å². The van der Waals surface area contributed by atoms with E-state index < -0.39 is 21.0 Å². The minimum absolute atomic E-state index is 0.0332. The van der Waals surface area contributed by atoms with E-state index in [1.807, 2.05) is 30.3 Å². The van der Waals surface area contributed by atoms with Crippen molar-refractivity contribution in [3.8, 4) is 0 Å². The summed E-state index contributed by atoms with van der Waals surface area (Å²) in [6, 6.07) is 13.5. The van der Waals surface area contributed by atoms with Gasteiger partial charge in [-0.05, 0) is 44.2 Å². The van der Waals surface area contributed by atoms with Crippen LogP contribution in [0.2, 0.25) is 5.02 Å².